The van der Waals surface area contributed by atoms with Crippen molar-refractivity contribution in [2.75, 3.05) is 0 Å². The summed E-state index contributed by atoms with van der Waals surface area (Å²) in [6, 6.07) is 3.68. The zero-order valence-corrected chi connectivity index (χ0v) is 14.4. The molecule has 0 aliphatic heterocycles. The minimum absolute atomic E-state index is 0. The number of hydrogen-bond acceptors (Lipinski definition) is 4. The molecule has 2 aromatic carbocycles. The number of nitrogens with zero attached hydrogens (tertiary/aromatic N) is 1. The average molecular weight is 418 g/mol. The molecule has 2 aliphatic rings. The van der Waals surface area contributed by atoms with E-state index in [2.05, 4.69) is 5.16 Å². The second-order valence-electron chi connectivity index (χ2n) is 5.82. The first-order chi connectivity index (χ1) is 12.3. The van der Waals surface area contributed by atoms with E-state index in [1.807, 2.05) is 0 Å². The van der Waals surface area contributed by atoms with Crippen LogP contribution in [0.15, 0.2) is 29.4 Å². The van der Waals surface area contributed by atoms with Crippen LogP contribution < -0.4 is 0 Å². The van der Waals surface area contributed by atoms with Crippen molar-refractivity contribution in [1.29, 1.82) is 0 Å². The Balaban J connectivity index is 0.000000264. The quantitative estimate of drug-likeness (QED) is 0.384. The molecule has 0 aromatic heterocycles. The molecule has 150 valence electrons. The number of fused-ring (bicyclic) bond motifs is 2. The molecule has 2 aromatic rings. The minimum atomic E-state index is -0.913. The maximum Gasteiger partial charge on any atom is 0.214 e. The van der Waals surface area contributed by atoms with Gasteiger partial charge in [0.25, 0.3) is 0 Å². The van der Waals surface area contributed by atoms with E-state index in [0.29, 0.717) is 24.5 Å². The van der Waals surface area contributed by atoms with Crippen LogP contribution in [0.1, 0.15) is 45.7 Å². The highest BCUT2D eigenvalue weighted by molar-refractivity contribution is 6.49. The zero-order chi connectivity index (χ0) is 19.0. The Morgan fingerprint density at radius 1 is 0.821 bits per heavy atom. The SMILES string of the molecule is C.Cl.O=C1C(=NO)Cc2cc(F)cc(F)c21.O=C1CCc2cc(F)cc(F)c21. The fraction of sp³-hybridized carbons (Fsp3) is 0.211. The van der Waals surface area contributed by atoms with Crippen molar-refractivity contribution < 1.29 is 32.4 Å². The third-order valence-corrected chi connectivity index (χ3v) is 4.14. The summed E-state index contributed by atoms with van der Waals surface area (Å²) in [5, 5.41) is 11.2. The van der Waals surface area contributed by atoms with Gasteiger partial charge in [0.05, 0.1) is 11.1 Å². The van der Waals surface area contributed by atoms with Gasteiger partial charge in [0, 0.05) is 25.0 Å². The van der Waals surface area contributed by atoms with Gasteiger partial charge in [0.15, 0.2) is 5.78 Å². The summed E-state index contributed by atoms with van der Waals surface area (Å²) in [4.78, 5) is 22.3. The van der Waals surface area contributed by atoms with E-state index in [9.17, 15) is 27.2 Å². The second kappa shape index (κ2) is 8.97. The highest BCUT2D eigenvalue weighted by Crippen LogP contribution is 2.25. The number of ketones is 2. The van der Waals surface area contributed by atoms with Crippen molar-refractivity contribution in [3.05, 3.63) is 69.8 Å². The largest absolute Gasteiger partial charge is 0.411 e. The van der Waals surface area contributed by atoms with Gasteiger partial charge in [-0.3, -0.25) is 9.59 Å². The number of oxime groups is 1. The van der Waals surface area contributed by atoms with Crippen LogP contribution >= 0.6 is 12.4 Å². The smallest absolute Gasteiger partial charge is 0.214 e. The molecule has 28 heavy (non-hydrogen) atoms. The van der Waals surface area contributed by atoms with E-state index in [-0.39, 0.29) is 54.4 Å². The van der Waals surface area contributed by atoms with Gasteiger partial charge in [0.1, 0.15) is 29.0 Å². The molecular formula is C19H16ClF4NO3. The zero-order valence-electron chi connectivity index (χ0n) is 13.6. The molecule has 1 N–H and O–H groups in total. The van der Waals surface area contributed by atoms with Crippen molar-refractivity contribution in [2.24, 2.45) is 5.16 Å². The summed E-state index contributed by atoms with van der Waals surface area (Å²) in [5.41, 5.74) is 0.443. The topological polar surface area (TPSA) is 66.7 Å². The summed E-state index contributed by atoms with van der Waals surface area (Å²) in [6.45, 7) is 0. The third kappa shape index (κ3) is 4.22. The Hall–Kier alpha value is -2.74. The van der Waals surface area contributed by atoms with Gasteiger partial charge < -0.3 is 5.21 Å². The van der Waals surface area contributed by atoms with Crippen LogP contribution in [-0.2, 0) is 12.8 Å². The van der Waals surface area contributed by atoms with Crippen molar-refractivity contribution >= 4 is 29.7 Å². The third-order valence-electron chi connectivity index (χ3n) is 4.14. The Labute approximate surface area is 164 Å². The van der Waals surface area contributed by atoms with Crippen molar-refractivity contribution in [3.8, 4) is 0 Å². The molecule has 0 unspecified atom stereocenters. The fourth-order valence-corrected chi connectivity index (χ4v) is 3.02. The van der Waals surface area contributed by atoms with Gasteiger partial charge in [-0.15, -0.1) is 12.4 Å². The Morgan fingerprint density at radius 2 is 1.36 bits per heavy atom. The highest BCUT2D eigenvalue weighted by atomic mass is 35.5. The van der Waals surface area contributed by atoms with Crippen molar-refractivity contribution in [1.82, 2.24) is 0 Å². The van der Waals surface area contributed by atoms with Gasteiger partial charge in [-0.05, 0) is 29.7 Å². The molecule has 0 bridgehead atoms. The summed E-state index contributed by atoms with van der Waals surface area (Å²) in [7, 11) is 0. The number of benzene rings is 2. The molecule has 4 rings (SSSR count). The summed E-state index contributed by atoms with van der Waals surface area (Å²) in [6.07, 6.45) is 0.734. The number of Topliss-reactive ketones (excluding diaryl/α,β-unsaturated/α-hetero) is 2. The second-order valence-corrected chi connectivity index (χ2v) is 5.82. The van der Waals surface area contributed by atoms with Crippen LogP contribution in [0.25, 0.3) is 0 Å². The van der Waals surface area contributed by atoms with E-state index < -0.39 is 29.1 Å². The summed E-state index contributed by atoms with van der Waals surface area (Å²) < 4.78 is 51.4. The minimum Gasteiger partial charge on any atom is -0.411 e. The van der Waals surface area contributed by atoms with Crippen molar-refractivity contribution in [3.63, 3.8) is 0 Å². The Bertz CT molecular complexity index is 976. The maximum absolute atomic E-state index is 13.1. The van der Waals surface area contributed by atoms with Crippen LogP contribution in [0.3, 0.4) is 0 Å². The van der Waals surface area contributed by atoms with Crippen molar-refractivity contribution in [2.45, 2.75) is 26.7 Å². The molecule has 0 spiro atoms. The highest BCUT2D eigenvalue weighted by Gasteiger charge is 2.30. The van der Waals surface area contributed by atoms with Crippen LogP contribution in [0, 0.1) is 23.3 Å². The van der Waals surface area contributed by atoms with E-state index in [1.54, 1.807) is 0 Å². The molecule has 0 amide bonds. The summed E-state index contributed by atoms with van der Waals surface area (Å²) in [5.74, 6) is -3.90. The number of halogens is 5. The molecule has 0 atom stereocenters. The number of hydrogen-bond donors (Lipinski definition) is 1. The average Bonchev–Trinajstić information content (AvgIpc) is 3.08. The van der Waals surface area contributed by atoms with Gasteiger partial charge in [-0.25, -0.2) is 17.6 Å². The number of carbonyl (C=O) groups is 2. The molecule has 0 saturated carbocycles. The number of aryl methyl sites for hydroxylation is 1. The lowest BCUT2D eigenvalue weighted by molar-refractivity contribution is 0.0990. The normalized spacial score (nSPS) is 15.2. The number of rotatable bonds is 0. The lowest BCUT2D eigenvalue weighted by atomic mass is 10.1. The Kier molecular flexibility index (Phi) is 7.46. The first-order valence-corrected chi connectivity index (χ1v) is 7.56. The van der Waals surface area contributed by atoms with E-state index in [0.717, 1.165) is 12.1 Å². The van der Waals surface area contributed by atoms with Gasteiger partial charge >= 0.3 is 0 Å². The lowest BCUT2D eigenvalue weighted by Crippen LogP contribution is -2.08. The molecule has 0 heterocycles. The van der Waals surface area contributed by atoms with Crippen LogP contribution in [0.5, 0.6) is 0 Å². The molecular weight excluding hydrogens is 402 g/mol. The molecule has 4 nitrogen and oxygen atoms in total. The number of carbonyl (C=O) groups excluding carboxylic acids is 2. The Morgan fingerprint density at radius 3 is 1.93 bits per heavy atom. The van der Waals surface area contributed by atoms with Crippen LogP contribution in [0.4, 0.5) is 17.6 Å². The van der Waals surface area contributed by atoms with Gasteiger partial charge in [-0.2, -0.15) is 0 Å². The first-order valence-electron chi connectivity index (χ1n) is 7.56. The van der Waals surface area contributed by atoms with E-state index >= 15 is 0 Å². The molecule has 2 aliphatic carbocycles. The summed E-state index contributed by atoms with van der Waals surface area (Å²) >= 11 is 0. The maximum atomic E-state index is 13.1. The van der Waals surface area contributed by atoms with E-state index in [1.165, 1.54) is 6.07 Å². The van der Waals surface area contributed by atoms with Gasteiger partial charge in [-0.1, -0.05) is 12.6 Å². The standard InChI is InChI=1S/C9H5F2NO2.C9H6F2O.CH4.ClH/c10-5-1-4-2-7(12-14)9(13)8(4)6(11)3-5;10-6-3-5-1-2-8(12)9(5)7(11)4-6;;/h1,3,14H,2H2;3-4H,1-2H2;1H4;1H. The van der Waals surface area contributed by atoms with Gasteiger partial charge in [0.2, 0.25) is 5.78 Å². The predicted molar refractivity (Wildman–Crippen MR) is 96.6 cm³/mol. The molecule has 0 radical (unpaired) electrons. The fourth-order valence-electron chi connectivity index (χ4n) is 3.02. The predicted octanol–water partition coefficient (Wildman–Crippen LogP) is 4.69. The van der Waals surface area contributed by atoms with Crippen LogP contribution in [-0.4, -0.2) is 22.5 Å². The molecule has 0 saturated heterocycles. The first kappa shape index (κ1) is 23.3. The van der Waals surface area contributed by atoms with Crippen LogP contribution in [0.2, 0.25) is 0 Å². The molecule has 9 heteroatoms. The lowest BCUT2D eigenvalue weighted by Gasteiger charge is -1.98. The molecule has 0 fully saturated rings. The monoisotopic (exact) mass is 417 g/mol. The van der Waals surface area contributed by atoms with E-state index in [4.69, 9.17) is 5.21 Å².